The molecule has 0 radical (unpaired) electrons. The van der Waals surface area contributed by atoms with Crippen LogP contribution in [0, 0.1) is 17.2 Å². The molecule has 5 nitrogen and oxygen atoms in total. The summed E-state index contributed by atoms with van der Waals surface area (Å²) in [4.78, 5) is 27.6. The molecule has 2 heterocycles. The second kappa shape index (κ2) is 8.26. The first-order valence-electron chi connectivity index (χ1n) is 9.39. The van der Waals surface area contributed by atoms with Gasteiger partial charge in [-0.2, -0.15) is 5.26 Å². The van der Waals surface area contributed by atoms with Gasteiger partial charge in [0.2, 0.25) is 5.91 Å². The van der Waals surface area contributed by atoms with Crippen LogP contribution in [0.5, 0.6) is 0 Å². The van der Waals surface area contributed by atoms with Crippen molar-refractivity contribution in [3.63, 3.8) is 0 Å². The van der Waals surface area contributed by atoms with Crippen molar-refractivity contribution in [3.8, 4) is 6.07 Å². The van der Waals surface area contributed by atoms with Crippen LogP contribution in [0.4, 0.5) is 0 Å². The highest BCUT2D eigenvalue weighted by Gasteiger charge is 2.43. The lowest BCUT2D eigenvalue weighted by Crippen LogP contribution is -2.51. The number of carbonyl (C=O) groups is 2. The first-order valence-corrected chi connectivity index (χ1v) is 11.6. The Morgan fingerprint density at radius 2 is 2.11 bits per heavy atom. The maximum absolute atomic E-state index is 13.0. The Bertz CT molecular complexity index is 779. The third-order valence-electron chi connectivity index (χ3n) is 5.71. The number of ketones is 1. The number of Topliss-reactive ketones (excluding diaryl/α,β-unsaturated/α-hetero) is 1. The molecule has 1 amide bonds. The van der Waals surface area contributed by atoms with Crippen LogP contribution in [0.1, 0.15) is 24.0 Å². The fraction of sp³-hybridized carbons (Fsp3) is 0.550. The topological polar surface area (TPSA) is 73.2 Å². The zero-order chi connectivity index (χ0) is 18.8. The van der Waals surface area contributed by atoms with Gasteiger partial charge in [0, 0.05) is 18.1 Å². The minimum atomic E-state index is -0.493. The van der Waals surface area contributed by atoms with E-state index >= 15 is 0 Å². The molecule has 0 aromatic heterocycles. The second-order valence-corrected chi connectivity index (χ2v) is 9.54. The van der Waals surface area contributed by atoms with Crippen molar-refractivity contribution < 1.29 is 9.59 Å². The van der Waals surface area contributed by atoms with E-state index in [2.05, 4.69) is 35.7 Å². The van der Waals surface area contributed by atoms with E-state index in [4.69, 9.17) is 0 Å². The lowest BCUT2D eigenvalue weighted by atomic mass is 9.81. The van der Waals surface area contributed by atoms with Crippen molar-refractivity contribution in [2.45, 2.75) is 43.0 Å². The van der Waals surface area contributed by atoms with E-state index in [-0.39, 0.29) is 23.0 Å². The average molecular weight is 402 g/mol. The number of amides is 1. The number of rotatable bonds is 4. The van der Waals surface area contributed by atoms with E-state index in [0.717, 1.165) is 19.3 Å². The van der Waals surface area contributed by atoms with Crippen LogP contribution in [0.25, 0.3) is 0 Å². The van der Waals surface area contributed by atoms with E-state index in [1.165, 1.54) is 22.9 Å². The summed E-state index contributed by atoms with van der Waals surface area (Å²) in [5.41, 5.74) is 2.76. The summed E-state index contributed by atoms with van der Waals surface area (Å²) >= 11 is 3.13. The van der Waals surface area contributed by atoms with Gasteiger partial charge in [0.25, 0.3) is 0 Å². The summed E-state index contributed by atoms with van der Waals surface area (Å²) in [5, 5.41) is 12.1. The smallest absolute Gasteiger partial charge is 0.243 e. The fourth-order valence-corrected chi connectivity index (χ4v) is 6.45. The number of hydrogen-bond acceptors (Lipinski definition) is 6. The Morgan fingerprint density at radius 3 is 2.93 bits per heavy atom. The van der Waals surface area contributed by atoms with Gasteiger partial charge in [-0.1, -0.05) is 24.3 Å². The molecule has 3 aliphatic rings. The van der Waals surface area contributed by atoms with Crippen molar-refractivity contribution in [2.75, 3.05) is 17.5 Å². The summed E-state index contributed by atoms with van der Waals surface area (Å²) in [6.45, 7) is 0. The highest BCUT2D eigenvalue weighted by Crippen LogP contribution is 2.32. The molecule has 2 saturated heterocycles. The Hall–Kier alpha value is -1.49. The van der Waals surface area contributed by atoms with Crippen LogP contribution in [0.15, 0.2) is 24.3 Å². The van der Waals surface area contributed by atoms with Gasteiger partial charge in [0.1, 0.15) is 17.9 Å². The molecule has 1 aliphatic carbocycles. The molecule has 2 aliphatic heterocycles. The molecule has 1 aromatic rings. The molecule has 0 saturated carbocycles. The number of aryl methyl sites for hydroxylation is 1. The molecule has 4 atom stereocenters. The number of carbonyl (C=O) groups excluding carboxylic acids is 2. The molecule has 0 bridgehead atoms. The van der Waals surface area contributed by atoms with Gasteiger partial charge in [-0.15, -0.1) is 23.5 Å². The predicted octanol–water partition coefficient (Wildman–Crippen LogP) is 2.21. The molecule has 1 aromatic carbocycles. The van der Waals surface area contributed by atoms with Crippen molar-refractivity contribution in [1.29, 1.82) is 5.26 Å². The quantitative estimate of drug-likeness (QED) is 0.834. The van der Waals surface area contributed by atoms with Crippen molar-refractivity contribution >= 4 is 35.2 Å². The van der Waals surface area contributed by atoms with Gasteiger partial charge in [-0.25, -0.2) is 0 Å². The Kier molecular flexibility index (Phi) is 5.76. The summed E-state index contributed by atoms with van der Waals surface area (Å²) in [5.74, 6) is 2.25. The van der Waals surface area contributed by atoms with Crippen LogP contribution in [-0.2, 0) is 22.4 Å². The number of nitrogens with zero attached hydrogens (tertiary/aromatic N) is 2. The summed E-state index contributed by atoms with van der Waals surface area (Å²) in [6, 6.07) is 9.82. The monoisotopic (exact) mass is 401 g/mol. The molecule has 142 valence electrons. The highest BCUT2D eigenvalue weighted by molar-refractivity contribution is 8.01. The number of hydrogen-bond donors (Lipinski definition) is 1. The largest absolute Gasteiger partial charge is 0.315 e. The number of nitriles is 1. The van der Waals surface area contributed by atoms with Gasteiger partial charge in [0.05, 0.1) is 17.2 Å². The summed E-state index contributed by atoms with van der Waals surface area (Å²) < 4.78 is 0. The average Bonchev–Trinajstić information content (AvgIpc) is 3.36. The molecule has 2 fully saturated rings. The maximum Gasteiger partial charge on any atom is 0.243 e. The maximum atomic E-state index is 13.0. The molecule has 7 heteroatoms. The third kappa shape index (κ3) is 3.89. The van der Waals surface area contributed by atoms with Crippen LogP contribution in [0.2, 0.25) is 0 Å². The molecule has 1 unspecified atom stereocenters. The minimum Gasteiger partial charge on any atom is -0.315 e. The van der Waals surface area contributed by atoms with Crippen LogP contribution >= 0.6 is 23.5 Å². The van der Waals surface area contributed by atoms with Crippen LogP contribution in [0.3, 0.4) is 0 Å². The zero-order valence-electron chi connectivity index (χ0n) is 15.1. The van der Waals surface area contributed by atoms with E-state index < -0.39 is 6.04 Å². The first-order chi connectivity index (χ1) is 13.2. The van der Waals surface area contributed by atoms with E-state index in [1.54, 1.807) is 16.7 Å². The number of benzene rings is 1. The Morgan fingerprint density at radius 1 is 1.30 bits per heavy atom. The van der Waals surface area contributed by atoms with Gasteiger partial charge < -0.3 is 4.90 Å². The van der Waals surface area contributed by atoms with E-state index in [1.807, 2.05) is 0 Å². The Labute approximate surface area is 168 Å². The molecular weight excluding hydrogens is 378 g/mol. The van der Waals surface area contributed by atoms with Gasteiger partial charge in [-0.05, 0) is 36.3 Å². The van der Waals surface area contributed by atoms with Gasteiger partial charge >= 0.3 is 0 Å². The van der Waals surface area contributed by atoms with Crippen molar-refractivity contribution in [1.82, 2.24) is 10.2 Å². The minimum absolute atomic E-state index is 0.0936. The molecule has 1 N–H and O–H groups in total. The number of nitrogens with one attached hydrogen (secondary N) is 1. The first kappa shape index (κ1) is 18.9. The molecule has 27 heavy (non-hydrogen) atoms. The van der Waals surface area contributed by atoms with Crippen LogP contribution in [-0.4, -0.2) is 51.4 Å². The second-order valence-electron chi connectivity index (χ2n) is 7.41. The van der Waals surface area contributed by atoms with Crippen molar-refractivity contribution in [2.24, 2.45) is 5.92 Å². The molecular formula is C20H23N3O2S2. The van der Waals surface area contributed by atoms with Crippen molar-refractivity contribution in [3.05, 3.63) is 35.4 Å². The standard InChI is InChI=1S/C20H23N3O2S2/c21-9-16-10-26-12-23(16)20(25)18-19(27-11-22-18)17(24)8-13-5-6-14-3-1-2-4-15(14)7-13/h1-4,13,16,18-19,22H,5-8,10-12H2/t13-,16+,18-,19?/m0/s1. The zero-order valence-corrected chi connectivity index (χ0v) is 16.7. The van der Waals surface area contributed by atoms with E-state index in [9.17, 15) is 14.9 Å². The lowest BCUT2D eigenvalue weighted by Gasteiger charge is -2.27. The van der Waals surface area contributed by atoms with E-state index in [0.29, 0.717) is 29.8 Å². The third-order valence-corrected chi connectivity index (χ3v) is 7.95. The highest BCUT2D eigenvalue weighted by atomic mass is 32.2. The number of thioether (sulfide) groups is 2. The molecule has 0 spiro atoms. The SMILES string of the molecule is N#C[C@@H]1CSCN1C(=O)[C@H]1NCSC1C(=O)C[C@H]1CCc2ccccc2C1. The lowest BCUT2D eigenvalue weighted by molar-refractivity contribution is -0.134. The predicted molar refractivity (Wildman–Crippen MR) is 108 cm³/mol. The van der Waals surface area contributed by atoms with Gasteiger partial charge in [-0.3, -0.25) is 14.9 Å². The molecule has 4 rings (SSSR count). The Balaban J connectivity index is 1.40. The fourth-order valence-electron chi connectivity index (χ4n) is 4.22. The summed E-state index contributed by atoms with van der Waals surface area (Å²) in [6.07, 6.45) is 3.55. The summed E-state index contributed by atoms with van der Waals surface area (Å²) in [7, 11) is 0. The normalized spacial score (nSPS) is 30.0. The van der Waals surface area contributed by atoms with Crippen LogP contribution < -0.4 is 5.32 Å². The number of fused-ring (bicyclic) bond motifs is 1. The van der Waals surface area contributed by atoms with Gasteiger partial charge in [0.15, 0.2) is 0 Å².